The Morgan fingerprint density at radius 1 is 0.846 bits per heavy atom. The van der Waals surface area contributed by atoms with Crippen LogP contribution in [0.2, 0.25) is 0 Å². The fourth-order valence-corrected chi connectivity index (χ4v) is 3.35. The molecule has 1 unspecified atom stereocenters. The third-order valence-corrected chi connectivity index (χ3v) is 4.66. The minimum Gasteiger partial charge on any atom is -0.449 e. The van der Waals surface area contributed by atoms with Crippen LogP contribution in [0.5, 0.6) is 0 Å². The summed E-state index contributed by atoms with van der Waals surface area (Å²) in [6, 6.07) is 0. The molecule has 1 fully saturated rings. The summed E-state index contributed by atoms with van der Waals surface area (Å²) in [4.78, 5) is 11.7. The Morgan fingerprint density at radius 3 is 1.92 bits per heavy atom. The summed E-state index contributed by atoms with van der Waals surface area (Å²) >= 11 is 0. The summed E-state index contributed by atoms with van der Waals surface area (Å²) < 4.78 is 21.1. The topological polar surface area (TPSA) is 86.3 Å². The van der Waals surface area contributed by atoms with Gasteiger partial charge in [0.1, 0.15) is 0 Å². The quantitative estimate of drug-likeness (QED) is 0.379. The van der Waals surface area contributed by atoms with Crippen molar-refractivity contribution in [3.05, 3.63) is 0 Å². The largest absolute Gasteiger partial charge is 0.449 e. The standard InChI is InChI=1S/C19H37NO6/c1-3-5-16-17(6-4-2)18(16)15-26-19(22)20-7-9-23-11-13-25-14-12-24-10-8-21/h16-18,21H,3-15H2,1-2H3,(H,20,22)/t16-,17+,18?. The molecule has 1 rings (SSSR count). The van der Waals surface area contributed by atoms with Crippen LogP contribution in [-0.4, -0.2) is 70.6 Å². The van der Waals surface area contributed by atoms with Crippen molar-refractivity contribution in [2.24, 2.45) is 17.8 Å². The Hall–Kier alpha value is -0.890. The van der Waals surface area contributed by atoms with Crippen LogP contribution in [0, 0.1) is 17.8 Å². The molecule has 0 aromatic heterocycles. The van der Waals surface area contributed by atoms with Gasteiger partial charge >= 0.3 is 6.09 Å². The summed E-state index contributed by atoms with van der Waals surface area (Å²) in [6.07, 6.45) is 4.52. The van der Waals surface area contributed by atoms with Crippen molar-refractivity contribution < 1.29 is 28.8 Å². The summed E-state index contributed by atoms with van der Waals surface area (Å²) in [5.74, 6) is 2.03. The molecule has 0 bridgehead atoms. The van der Waals surface area contributed by atoms with E-state index in [9.17, 15) is 4.79 Å². The number of carbonyl (C=O) groups excluding carboxylic acids is 1. The number of carbonyl (C=O) groups is 1. The Kier molecular flexibility index (Phi) is 13.5. The van der Waals surface area contributed by atoms with Crippen molar-refractivity contribution in [2.75, 3.05) is 59.4 Å². The lowest BCUT2D eigenvalue weighted by atomic mass is 10.1. The highest BCUT2D eigenvalue weighted by Gasteiger charge is 2.48. The molecule has 154 valence electrons. The molecule has 0 aliphatic heterocycles. The van der Waals surface area contributed by atoms with E-state index in [0.717, 1.165) is 11.8 Å². The number of ether oxygens (including phenoxy) is 4. The van der Waals surface area contributed by atoms with Gasteiger partial charge in [0.25, 0.3) is 0 Å². The second-order valence-corrected chi connectivity index (χ2v) is 6.65. The molecular weight excluding hydrogens is 338 g/mol. The van der Waals surface area contributed by atoms with Gasteiger partial charge in [-0.05, 0) is 17.8 Å². The molecule has 0 saturated heterocycles. The lowest BCUT2D eigenvalue weighted by Crippen LogP contribution is -2.29. The third kappa shape index (κ3) is 10.3. The number of rotatable bonds is 17. The molecule has 7 heteroatoms. The molecule has 0 aromatic carbocycles. The van der Waals surface area contributed by atoms with Gasteiger partial charge < -0.3 is 29.4 Å². The molecule has 0 aromatic rings. The molecular formula is C19H37NO6. The van der Waals surface area contributed by atoms with E-state index in [-0.39, 0.29) is 12.7 Å². The molecule has 1 aliphatic rings. The second-order valence-electron chi connectivity index (χ2n) is 6.65. The minimum absolute atomic E-state index is 0.0256. The van der Waals surface area contributed by atoms with Crippen LogP contribution in [0.4, 0.5) is 4.79 Å². The van der Waals surface area contributed by atoms with Gasteiger partial charge in [0.15, 0.2) is 0 Å². The zero-order valence-corrected chi connectivity index (χ0v) is 16.4. The summed E-state index contributed by atoms with van der Waals surface area (Å²) in [7, 11) is 0. The van der Waals surface area contributed by atoms with Crippen molar-refractivity contribution >= 4 is 6.09 Å². The van der Waals surface area contributed by atoms with Gasteiger partial charge in [-0.2, -0.15) is 0 Å². The van der Waals surface area contributed by atoms with Gasteiger partial charge in [-0.25, -0.2) is 4.79 Å². The van der Waals surface area contributed by atoms with Gasteiger partial charge in [-0.3, -0.25) is 0 Å². The lowest BCUT2D eigenvalue weighted by Gasteiger charge is -2.08. The van der Waals surface area contributed by atoms with Gasteiger partial charge in [-0.15, -0.1) is 0 Å². The average molecular weight is 376 g/mol. The minimum atomic E-state index is -0.358. The molecule has 1 aliphatic carbocycles. The predicted molar refractivity (Wildman–Crippen MR) is 99.2 cm³/mol. The zero-order valence-electron chi connectivity index (χ0n) is 16.4. The Balaban J connectivity index is 1.90. The van der Waals surface area contributed by atoms with Crippen molar-refractivity contribution in [2.45, 2.75) is 39.5 Å². The molecule has 26 heavy (non-hydrogen) atoms. The number of aliphatic hydroxyl groups excluding tert-OH is 1. The summed E-state index contributed by atoms with van der Waals surface area (Å²) in [5, 5.41) is 11.2. The number of hydrogen-bond acceptors (Lipinski definition) is 6. The SMILES string of the molecule is CCC[C@@H]1C(COC(=O)NCCOCCOCCOCCO)[C@@H]1CCC. The highest BCUT2D eigenvalue weighted by atomic mass is 16.6. The monoisotopic (exact) mass is 375 g/mol. The van der Waals surface area contributed by atoms with E-state index < -0.39 is 0 Å². The first kappa shape index (κ1) is 23.1. The van der Waals surface area contributed by atoms with E-state index in [1.165, 1.54) is 25.7 Å². The maximum absolute atomic E-state index is 11.7. The number of hydrogen-bond donors (Lipinski definition) is 2. The Bertz CT molecular complexity index is 343. The van der Waals surface area contributed by atoms with Gasteiger partial charge in [0.2, 0.25) is 0 Å². The van der Waals surface area contributed by atoms with Crippen LogP contribution in [0.15, 0.2) is 0 Å². The fraction of sp³-hybridized carbons (Fsp3) is 0.947. The molecule has 0 heterocycles. The lowest BCUT2D eigenvalue weighted by molar-refractivity contribution is 0.00815. The van der Waals surface area contributed by atoms with Crippen molar-refractivity contribution in [3.63, 3.8) is 0 Å². The molecule has 2 N–H and O–H groups in total. The summed E-state index contributed by atoms with van der Waals surface area (Å²) in [6.45, 7) is 8.07. The van der Waals surface area contributed by atoms with E-state index in [2.05, 4.69) is 19.2 Å². The van der Waals surface area contributed by atoms with Gasteiger partial charge in [-0.1, -0.05) is 39.5 Å². The van der Waals surface area contributed by atoms with E-state index >= 15 is 0 Å². The number of alkyl carbamates (subject to hydrolysis) is 1. The second kappa shape index (κ2) is 15.2. The Morgan fingerprint density at radius 2 is 1.38 bits per heavy atom. The van der Waals surface area contributed by atoms with Crippen molar-refractivity contribution in [3.8, 4) is 0 Å². The first-order chi connectivity index (χ1) is 12.7. The Labute approximate surface area is 157 Å². The van der Waals surface area contributed by atoms with E-state index in [1.807, 2.05) is 0 Å². The predicted octanol–water partition coefficient (Wildman–Crippen LogP) is 2.22. The van der Waals surface area contributed by atoms with E-state index in [4.69, 9.17) is 24.1 Å². The van der Waals surface area contributed by atoms with Crippen LogP contribution < -0.4 is 5.32 Å². The molecule has 1 saturated carbocycles. The molecule has 0 radical (unpaired) electrons. The third-order valence-electron chi connectivity index (χ3n) is 4.66. The van der Waals surface area contributed by atoms with Crippen molar-refractivity contribution in [1.82, 2.24) is 5.32 Å². The molecule has 1 amide bonds. The maximum atomic E-state index is 11.7. The van der Waals surface area contributed by atoms with Crippen molar-refractivity contribution in [1.29, 1.82) is 0 Å². The van der Waals surface area contributed by atoms with E-state index in [0.29, 0.717) is 58.7 Å². The number of nitrogens with one attached hydrogen (secondary N) is 1. The fourth-order valence-electron chi connectivity index (χ4n) is 3.35. The summed E-state index contributed by atoms with van der Waals surface area (Å²) in [5.41, 5.74) is 0. The van der Waals surface area contributed by atoms with Gasteiger partial charge in [0, 0.05) is 6.54 Å². The molecule has 0 spiro atoms. The maximum Gasteiger partial charge on any atom is 0.407 e. The van der Waals surface area contributed by atoms with Crippen LogP contribution in [0.1, 0.15) is 39.5 Å². The molecule has 3 atom stereocenters. The normalized spacial score (nSPS) is 21.6. The highest BCUT2D eigenvalue weighted by molar-refractivity contribution is 5.67. The first-order valence-electron chi connectivity index (χ1n) is 9.99. The smallest absolute Gasteiger partial charge is 0.407 e. The van der Waals surface area contributed by atoms with E-state index in [1.54, 1.807) is 0 Å². The number of aliphatic hydroxyl groups is 1. The zero-order chi connectivity index (χ0) is 19.0. The number of amides is 1. The average Bonchev–Trinajstić information content (AvgIpc) is 3.29. The first-order valence-corrected chi connectivity index (χ1v) is 9.99. The molecule has 7 nitrogen and oxygen atoms in total. The van der Waals surface area contributed by atoms with Crippen LogP contribution in [0.25, 0.3) is 0 Å². The van der Waals surface area contributed by atoms with Crippen LogP contribution in [-0.2, 0) is 18.9 Å². The van der Waals surface area contributed by atoms with Gasteiger partial charge in [0.05, 0.1) is 52.9 Å². The highest BCUT2D eigenvalue weighted by Crippen LogP contribution is 2.51. The van der Waals surface area contributed by atoms with Crippen LogP contribution >= 0.6 is 0 Å². The van der Waals surface area contributed by atoms with Crippen LogP contribution in [0.3, 0.4) is 0 Å².